The molecule has 1 saturated heterocycles. The molecule has 2 N–H and O–H groups in total. The highest BCUT2D eigenvalue weighted by Crippen LogP contribution is 2.17. The Balaban J connectivity index is 1.52. The van der Waals surface area contributed by atoms with Gasteiger partial charge in [-0.3, -0.25) is 33.5 Å². The van der Waals surface area contributed by atoms with Crippen molar-refractivity contribution in [1.82, 2.24) is 24.7 Å². The van der Waals surface area contributed by atoms with E-state index in [2.05, 4.69) is 27.1 Å². The van der Waals surface area contributed by atoms with Gasteiger partial charge in [-0.25, -0.2) is 4.98 Å². The van der Waals surface area contributed by atoms with E-state index in [-0.39, 0.29) is 17.7 Å². The molecule has 1 aliphatic heterocycles. The van der Waals surface area contributed by atoms with Crippen molar-refractivity contribution in [2.24, 2.45) is 0 Å². The molecule has 1 atom stereocenters. The summed E-state index contributed by atoms with van der Waals surface area (Å²) in [5, 5.41) is 12.5. The Morgan fingerprint density at radius 1 is 1.05 bits per heavy atom. The fourth-order valence-corrected chi connectivity index (χ4v) is 4.51. The van der Waals surface area contributed by atoms with Crippen LogP contribution in [0, 0.1) is 0 Å². The lowest BCUT2D eigenvalue weighted by Gasteiger charge is -2.34. The fraction of sp³-hybridized carbons (Fsp3) is 0.321. The molecule has 40 heavy (non-hydrogen) atoms. The molecule has 1 aromatic carbocycles. The number of nitrogens with zero attached hydrogens (tertiary/aromatic N) is 5. The quantitative estimate of drug-likeness (QED) is 0.380. The van der Waals surface area contributed by atoms with Crippen LogP contribution < -0.4 is 15.8 Å². The number of carbonyl (C=O) groups excluding carboxylic acids is 2. The summed E-state index contributed by atoms with van der Waals surface area (Å²) in [6.07, 6.45) is 2.42. The van der Waals surface area contributed by atoms with E-state index in [0.717, 1.165) is 26.2 Å². The van der Waals surface area contributed by atoms with Gasteiger partial charge in [-0.15, -0.1) is 0 Å². The second-order valence-electron chi connectivity index (χ2n) is 9.55. The smallest absolute Gasteiger partial charge is 0.305 e. The maximum atomic E-state index is 13.7. The summed E-state index contributed by atoms with van der Waals surface area (Å²) >= 11 is 6.00. The van der Waals surface area contributed by atoms with Crippen LogP contribution in [0.1, 0.15) is 16.8 Å². The number of carboxylic acid groups (broad SMARTS) is 1. The number of nitrogens with one attached hydrogen (secondary N) is 1. The number of likely N-dealkylation sites (N-methyl/N-ethyl adjacent to an activating group) is 1. The number of hydrogen-bond donors (Lipinski definition) is 2. The molecule has 2 amide bonds. The summed E-state index contributed by atoms with van der Waals surface area (Å²) in [7, 11) is 2.05. The minimum Gasteiger partial charge on any atom is -0.481 e. The number of pyridine rings is 2. The maximum Gasteiger partial charge on any atom is 0.305 e. The predicted molar refractivity (Wildman–Crippen MR) is 151 cm³/mol. The molecule has 4 rings (SSSR count). The van der Waals surface area contributed by atoms with Gasteiger partial charge in [0.2, 0.25) is 0 Å². The third-order valence-corrected chi connectivity index (χ3v) is 6.93. The Kier molecular flexibility index (Phi) is 9.65. The number of hydrogen-bond acceptors (Lipinski definition) is 7. The molecule has 0 radical (unpaired) electrons. The van der Waals surface area contributed by atoms with Gasteiger partial charge in [0.15, 0.2) is 0 Å². The zero-order chi connectivity index (χ0) is 28.6. The third-order valence-electron chi connectivity index (χ3n) is 6.70. The summed E-state index contributed by atoms with van der Waals surface area (Å²) < 4.78 is 1.43. The molecule has 3 heterocycles. The SMILES string of the molecule is CN1CCN(CCN(C(=O)[C@H](CC(=O)O)NC(=O)c2ccc(-n3ccccc3=O)cc2)c2ccc(Cl)cn2)CC1. The van der Waals surface area contributed by atoms with Crippen LogP contribution in [-0.4, -0.2) is 94.6 Å². The van der Waals surface area contributed by atoms with E-state index >= 15 is 0 Å². The van der Waals surface area contributed by atoms with Crippen molar-refractivity contribution in [1.29, 1.82) is 0 Å². The third kappa shape index (κ3) is 7.53. The molecule has 1 fully saturated rings. The van der Waals surface area contributed by atoms with Gasteiger partial charge in [0.05, 0.1) is 11.4 Å². The van der Waals surface area contributed by atoms with Gasteiger partial charge in [0.25, 0.3) is 17.4 Å². The lowest BCUT2D eigenvalue weighted by atomic mass is 10.1. The summed E-state index contributed by atoms with van der Waals surface area (Å²) in [4.78, 5) is 60.8. The van der Waals surface area contributed by atoms with E-state index in [0.29, 0.717) is 23.1 Å². The van der Waals surface area contributed by atoms with E-state index in [4.69, 9.17) is 11.6 Å². The standard InChI is InChI=1S/C28H31ClN6O5/c1-32-12-14-33(15-13-32)16-17-35(24-10-7-21(29)19-30-24)28(40)23(18-26(37)38)31-27(39)20-5-8-22(9-6-20)34-11-3-2-4-25(34)36/h2-11,19,23H,12-18H2,1H3,(H,31,39)(H,37,38)/t23-/m0/s1. The molecule has 0 unspecified atom stereocenters. The molecular formula is C28H31ClN6O5. The Labute approximate surface area is 236 Å². The van der Waals surface area contributed by atoms with Crippen LogP contribution in [0.25, 0.3) is 5.69 Å². The zero-order valence-corrected chi connectivity index (χ0v) is 22.8. The Morgan fingerprint density at radius 3 is 2.40 bits per heavy atom. The lowest BCUT2D eigenvalue weighted by molar-refractivity contribution is -0.139. The summed E-state index contributed by atoms with van der Waals surface area (Å²) in [5.41, 5.74) is 0.549. The van der Waals surface area contributed by atoms with Crippen LogP contribution >= 0.6 is 11.6 Å². The summed E-state index contributed by atoms with van der Waals surface area (Å²) in [6.45, 7) is 4.30. The van der Waals surface area contributed by atoms with Crippen molar-refractivity contribution in [3.8, 4) is 5.69 Å². The van der Waals surface area contributed by atoms with E-state index in [1.807, 2.05) is 0 Å². The van der Waals surface area contributed by atoms with Gasteiger partial charge in [-0.2, -0.15) is 0 Å². The average molecular weight is 567 g/mol. The predicted octanol–water partition coefficient (Wildman–Crippen LogP) is 1.74. The molecule has 12 heteroatoms. The van der Waals surface area contributed by atoms with Gasteiger partial charge in [-0.1, -0.05) is 17.7 Å². The first kappa shape index (κ1) is 28.9. The van der Waals surface area contributed by atoms with Gasteiger partial charge >= 0.3 is 5.97 Å². The molecule has 2 aromatic heterocycles. The van der Waals surface area contributed by atoms with Crippen molar-refractivity contribution in [3.05, 3.63) is 87.9 Å². The fourth-order valence-electron chi connectivity index (χ4n) is 4.40. The van der Waals surface area contributed by atoms with Crippen molar-refractivity contribution in [3.63, 3.8) is 0 Å². The van der Waals surface area contributed by atoms with Gasteiger partial charge in [0.1, 0.15) is 11.9 Å². The van der Waals surface area contributed by atoms with Crippen molar-refractivity contribution < 1.29 is 19.5 Å². The van der Waals surface area contributed by atoms with Gasteiger partial charge < -0.3 is 15.3 Å². The highest BCUT2D eigenvalue weighted by atomic mass is 35.5. The molecule has 1 aliphatic rings. The van der Waals surface area contributed by atoms with Gasteiger partial charge in [0, 0.05) is 69.0 Å². The molecule has 0 spiro atoms. The minimum absolute atomic E-state index is 0.213. The highest BCUT2D eigenvalue weighted by molar-refractivity contribution is 6.30. The topological polar surface area (TPSA) is 128 Å². The molecule has 0 bridgehead atoms. The summed E-state index contributed by atoms with van der Waals surface area (Å²) in [6, 6.07) is 12.9. The molecule has 0 aliphatic carbocycles. The Hall–Kier alpha value is -4.06. The van der Waals surface area contributed by atoms with Crippen LogP contribution in [0.5, 0.6) is 0 Å². The van der Waals surface area contributed by atoms with Crippen LogP contribution in [0.3, 0.4) is 0 Å². The summed E-state index contributed by atoms with van der Waals surface area (Å²) in [5.74, 6) is -2.13. The second-order valence-corrected chi connectivity index (χ2v) is 9.99. The minimum atomic E-state index is -1.34. The van der Waals surface area contributed by atoms with Crippen molar-refractivity contribution in [2.75, 3.05) is 51.2 Å². The molecule has 11 nitrogen and oxygen atoms in total. The van der Waals surface area contributed by atoms with E-state index < -0.39 is 30.2 Å². The van der Waals surface area contributed by atoms with E-state index in [1.54, 1.807) is 42.6 Å². The average Bonchev–Trinajstić information content (AvgIpc) is 2.94. The lowest BCUT2D eigenvalue weighted by Crippen LogP contribution is -2.53. The number of benzene rings is 1. The molecule has 3 aromatic rings. The first-order valence-corrected chi connectivity index (χ1v) is 13.2. The van der Waals surface area contributed by atoms with E-state index in [1.165, 1.54) is 33.9 Å². The monoisotopic (exact) mass is 566 g/mol. The first-order chi connectivity index (χ1) is 19.2. The van der Waals surface area contributed by atoms with E-state index in [9.17, 15) is 24.3 Å². The van der Waals surface area contributed by atoms with Crippen molar-refractivity contribution >= 4 is 35.2 Å². The number of carbonyl (C=O) groups is 3. The highest BCUT2D eigenvalue weighted by Gasteiger charge is 2.30. The number of aromatic nitrogens is 2. The number of halogens is 1. The number of piperazine rings is 1. The Bertz CT molecular complexity index is 1390. The molecule has 210 valence electrons. The van der Waals surface area contributed by atoms with Gasteiger partial charge in [-0.05, 0) is 49.5 Å². The Morgan fingerprint density at radius 2 is 1.77 bits per heavy atom. The van der Waals surface area contributed by atoms with Crippen LogP contribution in [0.4, 0.5) is 5.82 Å². The number of amides is 2. The largest absolute Gasteiger partial charge is 0.481 e. The number of rotatable bonds is 10. The first-order valence-electron chi connectivity index (χ1n) is 12.9. The van der Waals surface area contributed by atoms with Crippen molar-refractivity contribution in [2.45, 2.75) is 12.5 Å². The molecular weight excluding hydrogens is 536 g/mol. The molecule has 0 saturated carbocycles. The number of carboxylic acids is 1. The second kappa shape index (κ2) is 13.3. The van der Waals surface area contributed by atoms with Crippen LogP contribution in [-0.2, 0) is 9.59 Å². The van der Waals surface area contributed by atoms with Crippen LogP contribution in [0.15, 0.2) is 71.8 Å². The normalized spacial score (nSPS) is 14.8. The number of aliphatic carboxylic acids is 1. The number of anilines is 1. The maximum absolute atomic E-state index is 13.7. The van der Waals surface area contributed by atoms with Crippen LogP contribution in [0.2, 0.25) is 5.02 Å². The zero-order valence-electron chi connectivity index (χ0n) is 22.1.